The number of benzene rings is 1. The maximum atomic E-state index is 12.8. The van der Waals surface area contributed by atoms with Gasteiger partial charge in [-0.2, -0.15) is 10.4 Å². The van der Waals surface area contributed by atoms with Gasteiger partial charge >= 0.3 is 0 Å². The lowest BCUT2D eigenvalue weighted by atomic mass is 10.0. The van der Waals surface area contributed by atoms with Crippen LogP contribution in [0.2, 0.25) is 0 Å². The molecule has 0 radical (unpaired) electrons. The first-order valence-electron chi connectivity index (χ1n) is 9.80. The zero-order chi connectivity index (χ0) is 22.3. The molecule has 0 saturated heterocycles. The number of nitrogens with zero attached hydrogens (tertiary/aromatic N) is 4. The molecule has 1 atom stereocenters. The van der Waals surface area contributed by atoms with Crippen LogP contribution in [-0.2, 0) is 4.79 Å². The van der Waals surface area contributed by atoms with E-state index in [0.29, 0.717) is 30.8 Å². The van der Waals surface area contributed by atoms with Crippen LogP contribution in [-0.4, -0.2) is 59.7 Å². The summed E-state index contributed by atoms with van der Waals surface area (Å²) >= 11 is 0. The van der Waals surface area contributed by atoms with Crippen molar-refractivity contribution in [2.75, 3.05) is 32.9 Å². The van der Waals surface area contributed by atoms with Crippen molar-refractivity contribution < 1.29 is 9.59 Å². The lowest BCUT2D eigenvalue weighted by molar-refractivity contribution is -0.123. The molecule has 0 saturated carbocycles. The number of carbonyl (C=O) groups excluding carboxylic acids is 2. The number of likely N-dealkylation sites (N-methyl/N-ethyl adjacent to an activating group) is 1. The van der Waals surface area contributed by atoms with Crippen LogP contribution in [0, 0.1) is 17.2 Å². The van der Waals surface area contributed by atoms with Crippen molar-refractivity contribution in [1.82, 2.24) is 25.3 Å². The first-order chi connectivity index (χ1) is 14.2. The molecular weight excluding hydrogens is 382 g/mol. The maximum Gasteiger partial charge on any atom is 0.252 e. The number of nitriles is 1. The van der Waals surface area contributed by atoms with E-state index in [4.69, 9.17) is 11.0 Å². The Morgan fingerprint density at radius 3 is 2.67 bits per heavy atom. The summed E-state index contributed by atoms with van der Waals surface area (Å²) in [6, 6.07) is 8.04. The molecular formula is C21H29N7O2. The molecule has 0 aliphatic rings. The first-order valence-corrected chi connectivity index (χ1v) is 9.80. The normalized spacial score (nSPS) is 11.9. The van der Waals surface area contributed by atoms with Crippen LogP contribution in [0.1, 0.15) is 36.2 Å². The Hall–Kier alpha value is -3.38. The Bertz CT molecular complexity index is 928. The molecule has 9 heteroatoms. The van der Waals surface area contributed by atoms with Gasteiger partial charge in [0.2, 0.25) is 5.91 Å². The minimum atomic E-state index is -0.636. The largest absolute Gasteiger partial charge is 0.382 e. The van der Waals surface area contributed by atoms with Gasteiger partial charge in [-0.1, -0.05) is 19.9 Å². The van der Waals surface area contributed by atoms with Gasteiger partial charge in [0.05, 0.1) is 11.9 Å². The molecule has 0 spiro atoms. The van der Waals surface area contributed by atoms with Crippen LogP contribution in [0.25, 0.3) is 5.69 Å². The first kappa shape index (κ1) is 22.9. The summed E-state index contributed by atoms with van der Waals surface area (Å²) < 4.78 is 1.40. The van der Waals surface area contributed by atoms with E-state index in [0.717, 1.165) is 0 Å². The number of hydrogen-bond donors (Lipinski definition) is 3. The standard InChI is InChI=1S/C21H29N7O2/c1-14(2)10-18(21(30)24-8-9-27(3)4)26-20(29)15-6-5-7-17(11-15)28-19(23)16(12-22)13-25-28/h5-7,11,13-14,18H,8-10,23H2,1-4H3,(H,24,30)(H,26,29)/t18-/m0/s1. The molecule has 0 unspecified atom stereocenters. The molecule has 0 aliphatic carbocycles. The molecule has 2 aromatic rings. The third-order valence-electron chi connectivity index (χ3n) is 4.47. The molecule has 1 aromatic heterocycles. The highest BCUT2D eigenvalue weighted by Crippen LogP contribution is 2.17. The van der Waals surface area contributed by atoms with Crippen molar-refractivity contribution in [3.05, 3.63) is 41.6 Å². The molecule has 160 valence electrons. The van der Waals surface area contributed by atoms with Crippen molar-refractivity contribution in [2.24, 2.45) is 5.92 Å². The molecule has 1 heterocycles. The smallest absolute Gasteiger partial charge is 0.252 e. The minimum Gasteiger partial charge on any atom is -0.382 e. The van der Waals surface area contributed by atoms with Gasteiger partial charge < -0.3 is 21.3 Å². The van der Waals surface area contributed by atoms with E-state index in [1.54, 1.807) is 24.3 Å². The number of amides is 2. The quantitative estimate of drug-likeness (QED) is 0.568. The van der Waals surface area contributed by atoms with E-state index < -0.39 is 6.04 Å². The molecule has 0 fully saturated rings. The highest BCUT2D eigenvalue weighted by Gasteiger charge is 2.22. The van der Waals surface area contributed by atoms with E-state index in [2.05, 4.69) is 15.7 Å². The SMILES string of the molecule is CC(C)C[C@H](NC(=O)c1cccc(-n2ncc(C#N)c2N)c1)C(=O)NCCN(C)C. The van der Waals surface area contributed by atoms with Crippen molar-refractivity contribution in [2.45, 2.75) is 26.3 Å². The van der Waals surface area contributed by atoms with Gasteiger partial charge in [-0.15, -0.1) is 0 Å². The number of nitrogens with one attached hydrogen (secondary N) is 2. The zero-order valence-corrected chi connectivity index (χ0v) is 17.8. The molecule has 2 amide bonds. The fourth-order valence-electron chi connectivity index (χ4n) is 2.90. The predicted molar refractivity (Wildman–Crippen MR) is 115 cm³/mol. The van der Waals surface area contributed by atoms with Crippen molar-refractivity contribution in [1.29, 1.82) is 5.26 Å². The average Bonchev–Trinajstić information content (AvgIpc) is 3.07. The number of carbonyl (C=O) groups is 2. The zero-order valence-electron chi connectivity index (χ0n) is 17.8. The van der Waals surface area contributed by atoms with Gasteiger partial charge in [-0.25, -0.2) is 4.68 Å². The highest BCUT2D eigenvalue weighted by atomic mass is 16.2. The summed E-state index contributed by atoms with van der Waals surface area (Å²) in [5.41, 5.74) is 7.12. The Balaban J connectivity index is 2.16. The third kappa shape index (κ3) is 6.06. The second kappa shape index (κ2) is 10.4. The lowest BCUT2D eigenvalue weighted by Gasteiger charge is -2.21. The topological polar surface area (TPSA) is 129 Å². The van der Waals surface area contributed by atoms with Crippen molar-refractivity contribution >= 4 is 17.6 Å². The lowest BCUT2D eigenvalue weighted by Crippen LogP contribution is -2.48. The Labute approximate surface area is 176 Å². The molecule has 0 bridgehead atoms. The summed E-state index contributed by atoms with van der Waals surface area (Å²) in [5.74, 6) is -0.135. The summed E-state index contributed by atoms with van der Waals surface area (Å²) in [5, 5.41) is 18.9. The molecule has 4 N–H and O–H groups in total. The number of rotatable bonds is 9. The van der Waals surface area contributed by atoms with Gasteiger partial charge in [-0.3, -0.25) is 9.59 Å². The molecule has 1 aromatic carbocycles. The van der Waals surface area contributed by atoms with Crippen molar-refractivity contribution in [3.63, 3.8) is 0 Å². The fourth-order valence-corrected chi connectivity index (χ4v) is 2.90. The van der Waals surface area contributed by atoms with Crippen LogP contribution < -0.4 is 16.4 Å². The Morgan fingerprint density at radius 1 is 1.33 bits per heavy atom. The van der Waals surface area contributed by atoms with Crippen LogP contribution >= 0.6 is 0 Å². The summed E-state index contributed by atoms with van der Waals surface area (Å²) in [4.78, 5) is 27.4. The van der Waals surface area contributed by atoms with Gasteiger partial charge in [0, 0.05) is 18.7 Å². The summed E-state index contributed by atoms with van der Waals surface area (Å²) in [6.45, 7) is 5.22. The maximum absolute atomic E-state index is 12.8. The van der Waals surface area contributed by atoms with Crippen LogP contribution in [0.15, 0.2) is 30.5 Å². The summed E-state index contributed by atoms with van der Waals surface area (Å²) in [6.07, 6.45) is 1.90. The molecule has 9 nitrogen and oxygen atoms in total. The van der Waals surface area contributed by atoms with Crippen LogP contribution in [0.5, 0.6) is 0 Å². The highest BCUT2D eigenvalue weighted by molar-refractivity contribution is 5.98. The number of nitrogen functional groups attached to an aromatic ring is 1. The monoisotopic (exact) mass is 411 g/mol. The number of hydrogen-bond acceptors (Lipinski definition) is 6. The summed E-state index contributed by atoms with van der Waals surface area (Å²) in [7, 11) is 3.86. The van der Waals surface area contributed by atoms with E-state index in [9.17, 15) is 9.59 Å². The molecule has 0 aliphatic heterocycles. The van der Waals surface area contributed by atoms with Gasteiger partial charge in [-0.05, 0) is 44.6 Å². The second-order valence-electron chi connectivity index (χ2n) is 7.77. The average molecular weight is 412 g/mol. The van der Waals surface area contributed by atoms with Gasteiger partial charge in [0.25, 0.3) is 5.91 Å². The molecule has 30 heavy (non-hydrogen) atoms. The Kier molecular flexibility index (Phi) is 7.95. The predicted octanol–water partition coefficient (Wildman–Crippen LogP) is 1.15. The van der Waals surface area contributed by atoms with Gasteiger partial charge in [0.15, 0.2) is 0 Å². The number of anilines is 1. The Morgan fingerprint density at radius 2 is 2.07 bits per heavy atom. The van der Waals surface area contributed by atoms with E-state index >= 15 is 0 Å². The third-order valence-corrected chi connectivity index (χ3v) is 4.47. The second-order valence-corrected chi connectivity index (χ2v) is 7.77. The van der Waals surface area contributed by atoms with Crippen molar-refractivity contribution in [3.8, 4) is 11.8 Å². The van der Waals surface area contributed by atoms with E-state index in [-0.39, 0.29) is 29.1 Å². The number of aromatic nitrogens is 2. The minimum absolute atomic E-state index is 0.202. The molecule has 2 rings (SSSR count). The van der Waals surface area contributed by atoms with E-state index in [1.165, 1.54) is 10.9 Å². The van der Waals surface area contributed by atoms with Crippen LogP contribution in [0.3, 0.4) is 0 Å². The number of nitrogens with two attached hydrogens (primary N) is 1. The fraction of sp³-hybridized carbons (Fsp3) is 0.429. The van der Waals surface area contributed by atoms with Gasteiger partial charge in [0.1, 0.15) is 23.5 Å². The van der Waals surface area contributed by atoms with E-state index in [1.807, 2.05) is 38.9 Å². The van der Waals surface area contributed by atoms with Crippen LogP contribution in [0.4, 0.5) is 5.82 Å².